The van der Waals surface area contributed by atoms with Crippen molar-refractivity contribution in [3.8, 4) is 11.5 Å². The third-order valence-electron chi connectivity index (χ3n) is 4.67. The van der Waals surface area contributed by atoms with Gasteiger partial charge in [0.15, 0.2) is 0 Å². The second kappa shape index (κ2) is 5.76. The van der Waals surface area contributed by atoms with Gasteiger partial charge in [-0.25, -0.2) is 4.99 Å². The van der Waals surface area contributed by atoms with Crippen LogP contribution in [0.4, 0.5) is 11.7 Å². The Hall–Kier alpha value is -3.10. The molecule has 25 heavy (non-hydrogen) atoms. The molecule has 0 atom stereocenters. The molecule has 130 valence electrons. The molecule has 1 aliphatic heterocycles. The highest BCUT2D eigenvalue weighted by atomic mass is 16.4. The van der Waals surface area contributed by atoms with Gasteiger partial charge in [0.25, 0.3) is 5.89 Å². The smallest absolute Gasteiger partial charge is 0.313 e. The highest BCUT2D eigenvalue weighted by Gasteiger charge is 2.43. The Balaban J connectivity index is 1.86. The van der Waals surface area contributed by atoms with Gasteiger partial charge in [0.1, 0.15) is 5.66 Å². The van der Waals surface area contributed by atoms with Gasteiger partial charge in [-0.2, -0.15) is 4.99 Å². The fourth-order valence-electron chi connectivity index (χ4n) is 3.66. The van der Waals surface area contributed by atoms with Crippen LogP contribution in [0.1, 0.15) is 32.1 Å². The van der Waals surface area contributed by atoms with Gasteiger partial charge in [-0.1, -0.05) is 23.7 Å². The molecular formula is C16H20N8O. The number of nitrogens with zero attached hydrogens (tertiary/aromatic N) is 5. The van der Waals surface area contributed by atoms with Crippen molar-refractivity contribution in [1.29, 1.82) is 0 Å². The number of benzene rings is 1. The summed E-state index contributed by atoms with van der Waals surface area (Å²) in [4.78, 5) is 10.8. The SMILES string of the molecule is NC1=NC2(CCCCC2)N(c2ccccc2-c2nnc(N)o2)C(N)=N1. The van der Waals surface area contributed by atoms with E-state index in [1.54, 1.807) is 0 Å². The zero-order valence-electron chi connectivity index (χ0n) is 13.7. The van der Waals surface area contributed by atoms with E-state index >= 15 is 0 Å². The van der Waals surface area contributed by atoms with Crippen molar-refractivity contribution in [2.24, 2.45) is 21.5 Å². The van der Waals surface area contributed by atoms with Crippen molar-refractivity contribution < 1.29 is 4.42 Å². The Morgan fingerprint density at radius 2 is 1.76 bits per heavy atom. The predicted molar refractivity (Wildman–Crippen MR) is 95.7 cm³/mol. The molecule has 1 fully saturated rings. The molecule has 0 saturated heterocycles. The lowest BCUT2D eigenvalue weighted by atomic mass is 9.87. The molecule has 0 unspecified atom stereocenters. The van der Waals surface area contributed by atoms with E-state index < -0.39 is 5.66 Å². The first-order valence-corrected chi connectivity index (χ1v) is 8.27. The molecule has 1 aromatic heterocycles. The number of guanidine groups is 2. The zero-order valence-corrected chi connectivity index (χ0v) is 13.7. The number of nitrogen functional groups attached to an aromatic ring is 1. The number of anilines is 2. The van der Waals surface area contributed by atoms with Gasteiger partial charge < -0.3 is 21.6 Å². The van der Waals surface area contributed by atoms with E-state index in [0.29, 0.717) is 11.9 Å². The Bertz CT molecular complexity index is 849. The van der Waals surface area contributed by atoms with Gasteiger partial charge in [0.2, 0.25) is 11.9 Å². The summed E-state index contributed by atoms with van der Waals surface area (Å²) in [7, 11) is 0. The van der Waals surface area contributed by atoms with Crippen LogP contribution in [0.25, 0.3) is 11.5 Å². The fraction of sp³-hybridized carbons (Fsp3) is 0.375. The lowest BCUT2D eigenvalue weighted by molar-refractivity contribution is 0.305. The van der Waals surface area contributed by atoms with Crippen molar-refractivity contribution in [3.05, 3.63) is 24.3 Å². The number of aromatic nitrogens is 2. The van der Waals surface area contributed by atoms with Gasteiger partial charge in [0.05, 0.1) is 11.3 Å². The number of nitrogens with two attached hydrogens (primary N) is 3. The molecule has 9 heteroatoms. The van der Waals surface area contributed by atoms with Crippen LogP contribution < -0.4 is 22.1 Å². The van der Waals surface area contributed by atoms with Crippen LogP contribution >= 0.6 is 0 Å². The van der Waals surface area contributed by atoms with Crippen LogP contribution in [0.15, 0.2) is 38.7 Å². The summed E-state index contributed by atoms with van der Waals surface area (Å²) >= 11 is 0. The molecule has 0 radical (unpaired) electrons. The van der Waals surface area contributed by atoms with E-state index in [2.05, 4.69) is 20.2 Å². The fourth-order valence-corrected chi connectivity index (χ4v) is 3.66. The van der Waals surface area contributed by atoms with Gasteiger partial charge in [-0.15, -0.1) is 5.10 Å². The number of aliphatic imine (C=N–C) groups is 2. The van der Waals surface area contributed by atoms with Crippen LogP contribution in [-0.4, -0.2) is 27.8 Å². The van der Waals surface area contributed by atoms with E-state index in [-0.39, 0.29) is 12.0 Å². The van der Waals surface area contributed by atoms with Crippen molar-refractivity contribution in [2.45, 2.75) is 37.8 Å². The standard InChI is InChI=1S/C16H20N8O/c17-13-20-14(18)24(16(21-13)8-4-1-5-9-16)11-7-3-2-6-10(11)12-22-23-15(19)25-12/h2-3,6-7H,1,4-5,8-9H2,(H2,19,23)(H4,17,18,20,21). The molecular weight excluding hydrogens is 320 g/mol. The minimum atomic E-state index is -0.532. The third kappa shape index (κ3) is 2.57. The van der Waals surface area contributed by atoms with E-state index in [1.807, 2.05) is 29.2 Å². The molecule has 2 heterocycles. The predicted octanol–water partition coefficient (Wildman–Crippen LogP) is 1.43. The number of hydrogen-bond acceptors (Lipinski definition) is 9. The molecule has 1 spiro atoms. The van der Waals surface area contributed by atoms with Crippen LogP contribution in [-0.2, 0) is 0 Å². The molecule has 0 amide bonds. The Labute approximate surface area is 144 Å². The Morgan fingerprint density at radius 3 is 2.48 bits per heavy atom. The normalized spacial score (nSPS) is 19.6. The van der Waals surface area contributed by atoms with Crippen molar-refractivity contribution >= 4 is 23.6 Å². The Kier molecular flexibility index (Phi) is 3.56. The lowest BCUT2D eigenvalue weighted by Crippen LogP contribution is -2.58. The second-order valence-corrected chi connectivity index (χ2v) is 6.28. The highest BCUT2D eigenvalue weighted by Crippen LogP contribution is 2.42. The van der Waals surface area contributed by atoms with Crippen LogP contribution in [0.3, 0.4) is 0 Å². The van der Waals surface area contributed by atoms with E-state index in [0.717, 1.165) is 36.9 Å². The van der Waals surface area contributed by atoms with Crippen molar-refractivity contribution in [2.75, 3.05) is 10.6 Å². The molecule has 6 N–H and O–H groups in total. The van der Waals surface area contributed by atoms with Gasteiger partial charge in [0, 0.05) is 0 Å². The van der Waals surface area contributed by atoms with E-state index in [1.165, 1.54) is 6.42 Å². The number of hydrogen-bond donors (Lipinski definition) is 3. The maximum atomic E-state index is 6.28. The largest absolute Gasteiger partial charge is 0.403 e. The maximum absolute atomic E-state index is 6.28. The first kappa shape index (κ1) is 15.4. The molecule has 4 rings (SSSR count). The molecule has 2 aliphatic rings. The summed E-state index contributed by atoms with van der Waals surface area (Å²) in [5, 5.41) is 7.75. The summed E-state index contributed by atoms with van der Waals surface area (Å²) in [6, 6.07) is 7.64. The summed E-state index contributed by atoms with van der Waals surface area (Å²) in [5.74, 6) is 0.860. The monoisotopic (exact) mass is 340 g/mol. The second-order valence-electron chi connectivity index (χ2n) is 6.28. The molecule has 1 aliphatic carbocycles. The molecule has 1 aromatic carbocycles. The maximum Gasteiger partial charge on any atom is 0.313 e. The topological polar surface area (TPSA) is 145 Å². The lowest BCUT2D eigenvalue weighted by Gasteiger charge is -2.46. The average Bonchev–Trinajstić information content (AvgIpc) is 3.01. The zero-order chi connectivity index (χ0) is 17.4. The third-order valence-corrected chi connectivity index (χ3v) is 4.67. The highest BCUT2D eigenvalue weighted by molar-refractivity contribution is 6.07. The Morgan fingerprint density at radius 1 is 1.00 bits per heavy atom. The number of para-hydroxylation sites is 1. The molecule has 9 nitrogen and oxygen atoms in total. The average molecular weight is 340 g/mol. The summed E-state index contributed by atoms with van der Waals surface area (Å²) in [6.07, 6.45) is 4.98. The summed E-state index contributed by atoms with van der Waals surface area (Å²) < 4.78 is 5.42. The van der Waals surface area contributed by atoms with Gasteiger partial charge >= 0.3 is 6.01 Å². The van der Waals surface area contributed by atoms with E-state index in [9.17, 15) is 0 Å². The first-order chi connectivity index (χ1) is 12.1. The molecule has 2 aromatic rings. The van der Waals surface area contributed by atoms with Gasteiger partial charge in [-0.3, -0.25) is 4.90 Å². The minimum Gasteiger partial charge on any atom is -0.403 e. The molecule has 1 saturated carbocycles. The molecule has 0 bridgehead atoms. The van der Waals surface area contributed by atoms with Crippen LogP contribution in [0, 0.1) is 0 Å². The summed E-state index contributed by atoms with van der Waals surface area (Å²) in [5.41, 5.74) is 18.8. The number of rotatable bonds is 2. The van der Waals surface area contributed by atoms with Crippen LogP contribution in [0.5, 0.6) is 0 Å². The quantitative estimate of drug-likeness (QED) is 0.749. The van der Waals surface area contributed by atoms with Crippen molar-refractivity contribution in [3.63, 3.8) is 0 Å². The van der Waals surface area contributed by atoms with Gasteiger partial charge in [-0.05, 0) is 37.8 Å². The van der Waals surface area contributed by atoms with Crippen molar-refractivity contribution in [1.82, 2.24) is 10.2 Å². The first-order valence-electron chi connectivity index (χ1n) is 8.27. The van der Waals surface area contributed by atoms with Crippen LogP contribution in [0.2, 0.25) is 0 Å². The minimum absolute atomic E-state index is 0.0136. The summed E-state index contributed by atoms with van der Waals surface area (Å²) in [6.45, 7) is 0. The van der Waals surface area contributed by atoms with E-state index in [4.69, 9.17) is 21.6 Å².